The van der Waals surface area contributed by atoms with Crippen LogP contribution in [0.5, 0.6) is 0 Å². The number of rotatable bonds is 2. The lowest BCUT2D eigenvalue weighted by Gasteiger charge is -2.19. The molecule has 0 bridgehead atoms. The molecule has 1 aromatic heterocycles. The molecule has 0 aliphatic heterocycles. The van der Waals surface area contributed by atoms with E-state index in [1.165, 1.54) is 0 Å². The number of nitrogens with zero attached hydrogens (tertiary/aromatic N) is 3. The molecule has 20 heavy (non-hydrogen) atoms. The predicted molar refractivity (Wildman–Crippen MR) is 55.5 cm³/mol. The second-order valence-corrected chi connectivity index (χ2v) is 4.27. The summed E-state index contributed by atoms with van der Waals surface area (Å²) in [6.45, 7) is 3.18. The second-order valence-electron chi connectivity index (χ2n) is 3.39. The van der Waals surface area contributed by atoms with Gasteiger partial charge in [0.15, 0.2) is 0 Å². The van der Waals surface area contributed by atoms with Crippen LogP contribution in [0.4, 0.5) is 26.3 Å². The van der Waals surface area contributed by atoms with Gasteiger partial charge in [-0.25, -0.2) is 17.6 Å². The van der Waals surface area contributed by atoms with Crippen LogP contribution in [-0.2, 0) is 24.5 Å². The molecule has 12 heteroatoms. The molecule has 0 aromatic carbocycles. The van der Waals surface area contributed by atoms with E-state index in [1.54, 1.807) is 0 Å². The number of alkyl halides is 6. The first-order valence-electron chi connectivity index (χ1n) is 4.98. The maximum atomic E-state index is 11.3. The Morgan fingerprint density at radius 1 is 1.15 bits per heavy atom. The summed E-state index contributed by atoms with van der Waals surface area (Å²) in [6.07, 6.45) is -5.79. The molecule has 0 fully saturated rings. The van der Waals surface area contributed by atoms with Crippen molar-refractivity contribution in [3.63, 3.8) is 0 Å². The van der Waals surface area contributed by atoms with Crippen molar-refractivity contribution in [2.75, 3.05) is 0 Å². The van der Waals surface area contributed by atoms with Crippen LogP contribution >= 0.6 is 0 Å². The SMILES string of the molecule is CCn1cc[n+](C)c1.O=[SH](=O)N(C(F)(F)F)C(F)(F)F. The monoisotopic (exact) mass is 328 g/mol. The van der Waals surface area contributed by atoms with Crippen LogP contribution in [0.3, 0.4) is 0 Å². The zero-order valence-corrected chi connectivity index (χ0v) is 11.2. The van der Waals surface area contributed by atoms with Crippen LogP contribution in [0.25, 0.3) is 0 Å². The maximum absolute atomic E-state index is 11.3. The molecule has 0 amide bonds. The largest absolute Gasteiger partial charge is 0.480 e. The Morgan fingerprint density at radius 2 is 1.60 bits per heavy atom. The average molecular weight is 328 g/mol. The van der Waals surface area contributed by atoms with E-state index in [0.717, 1.165) is 6.54 Å². The van der Waals surface area contributed by atoms with Gasteiger partial charge < -0.3 is 0 Å². The standard InChI is InChI=1S/C6H11N2.C2HF6NO2S/c1-3-8-5-4-7(2)6-8;3-1(4,5)9(12(10)11)2(6,7)8/h4-6H,3H2,1-2H3;12H/q+1;. The number of imidazole rings is 1. The molecule has 0 spiro atoms. The van der Waals surface area contributed by atoms with Gasteiger partial charge >= 0.3 is 12.6 Å². The van der Waals surface area contributed by atoms with Crippen molar-refractivity contribution in [2.24, 2.45) is 7.05 Å². The average Bonchev–Trinajstić information content (AvgIpc) is 2.59. The summed E-state index contributed by atoms with van der Waals surface area (Å²) in [5.74, 6) is 0. The van der Waals surface area contributed by atoms with Gasteiger partial charge in [-0.05, 0) is 11.2 Å². The molecule has 0 radical (unpaired) electrons. The molecule has 0 saturated carbocycles. The first kappa shape index (κ1) is 18.7. The normalized spacial score (nSPS) is 12.5. The number of aromatic nitrogens is 2. The van der Waals surface area contributed by atoms with Crippen LogP contribution in [0.1, 0.15) is 6.92 Å². The van der Waals surface area contributed by atoms with E-state index in [1.807, 2.05) is 17.8 Å². The Hall–Kier alpha value is -1.30. The highest BCUT2D eigenvalue weighted by molar-refractivity contribution is 7.69. The van der Waals surface area contributed by atoms with E-state index in [4.69, 9.17) is 0 Å². The van der Waals surface area contributed by atoms with Crippen molar-refractivity contribution in [1.29, 1.82) is 0 Å². The van der Waals surface area contributed by atoms with Gasteiger partial charge in [-0.3, -0.25) is 0 Å². The van der Waals surface area contributed by atoms with E-state index in [9.17, 15) is 34.8 Å². The predicted octanol–water partition coefficient (Wildman–Crippen LogP) is 1.19. The van der Waals surface area contributed by atoms with Crippen molar-refractivity contribution in [3.8, 4) is 0 Å². The second kappa shape index (κ2) is 6.92. The van der Waals surface area contributed by atoms with E-state index < -0.39 is 27.8 Å². The maximum Gasteiger partial charge on any atom is 0.480 e. The Balaban J connectivity index is 0.000000388. The van der Waals surface area contributed by atoms with E-state index >= 15 is 0 Å². The van der Waals surface area contributed by atoms with Crippen molar-refractivity contribution in [3.05, 3.63) is 18.7 Å². The number of halogens is 6. The minimum absolute atomic E-state index is 1.06. The molecule has 118 valence electrons. The van der Waals surface area contributed by atoms with Gasteiger partial charge in [0.05, 0.1) is 13.6 Å². The smallest absolute Gasteiger partial charge is 0.240 e. The van der Waals surface area contributed by atoms with Crippen molar-refractivity contribution < 1.29 is 39.3 Å². The first-order chi connectivity index (χ1) is 8.89. The number of thiol groups is 1. The summed E-state index contributed by atoms with van der Waals surface area (Å²) < 4.78 is 88.4. The highest BCUT2D eigenvalue weighted by Gasteiger charge is 2.56. The Morgan fingerprint density at radius 3 is 1.70 bits per heavy atom. The van der Waals surface area contributed by atoms with Crippen LogP contribution in [-0.4, -0.2) is 29.9 Å². The number of aryl methyl sites for hydroxylation is 2. The topological polar surface area (TPSA) is 46.2 Å². The fraction of sp³-hybridized carbons (Fsp3) is 0.625. The summed E-state index contributed by atoms with van der Waals surface area (Å²) in [5.41, 5.74) is 0. The van der Waals surface area contributed by atoms with Crippen molar-refractivity contribution in [1.82, 2.24) is 8.87 Å². The van der Waals surface area contributed by atoms with Gasteiger partial charge in [0.25, 0.3) is 0 Å². The molecular formula is C8H12F6N3O2S+. The van der Waals surface area contributed by atoms with E-state index in [0.29, 0.717) is 0 Å². The van der Waals surface area contributed by atoms with Gasteiger partial charge in [0.2, 0.25) is 17.2 Å². The molecule has 0 saturated heterocycles. The Labute approximate surface area is 112 Å². The number of hydrogen-bond donors (Lipinski definition) is 1. The Bertz CT molecular complexity index is 471. The summed E-state index contributed by atoms with van der Waals surface area (Å²) >= 11 is 0. The van der Waals surface area contributed by atoms with Gasteiger partial charge in [-0.15, -0.1) is 0 Å². The molecule has 0 N–H and O–H groups in total. The quantitative estimate of drug-likeness (QED) is 0.384. The summed E-state index contributed by atoms with van der Waals surface area (Å²) in [4.78, 5) is 0. The van der Waals surface area contributed by atoms with Gasteiger partial charge in [0.1, 0.15) is 12.4 Å². The highest BCUT2D eigenvalue weighted by Crippen LogP contribution is 2.32. The summed E-state index contributed by atoms with van der Waals surface area (Å²) in [6, 6.07) is 0. The minimum atomic E-state index is -5.96. The lowest BCUT2D eigenvalue weighted by Crippen LogP contribution is -2.46. The number of hydrogen-bond acceptors (Lipinski definition) is 2. The molecule has 0 aliphatic rings. The van der Waals surface area contributed by atoms with Gasteiger partial charge in [-0.1, -0.05) is 0 Å². The molecule has 1 aromatic rings. The molecule has 0 atom stereocenters. The minimum Gasteiger partial charge on any atom is -0.240 e. The molecule has 5 nitrogen and oxygen atoms in total. The van der Waals surface area contributed by atoms with E-state index in [2.05, 4.69) is 24.0 Å². The summed E-state index contributed by atoms with van der Waals surface area (Å²) in [5, 5.41) is 0. The molecule has 1 rings (SSSR count). The molecule has 1 heterocycles. The van der Waals surface area contributed by atoms with Crippen LogP contribution in [0.2, 0.25) is 0 Å². The summed E-state index contributed by atoms with van der Waals surface area (Å²) in [7, 11) is -2.74. The highest BCUT2D eigenvalue weighted by atomic mass is 32.2. The van der Waals surface area contributed by atoms with Gasteiger partial charge in [0, 0.05) is 0 Å². The third-order valence-corrected chi connectivity index (χ3v) is 2.61. The molecule has 0 aliphatic carbocycles. The van der Waals surface area contributed by atoms with Crippen molar-refractivity contribution >= 4 is 10.9 Å². The van der Waals surface area contributed by atoms with Crippen molar-refractivity contribution in [2.45, 2.75) is 26.1 Å². The van der Waals surface area contributed by atoms with Gasteiger partial charge in [-0.2, -0.15) is 26.3 Å². The zero-order valence-electron chi connectivity index (χ0n) is 10.3. The first-order valence-corrected chi connectivity index (χ1v) is 6.11. The fourth-order valence-corrected chi connectivity index (χ4v) is 1.39. The lowest BCUT2D eigenvalue weighted by atomic mass is 10.7. The lowest BCUT2D eigenvalue weighted by molar-refractivity contribution is -0.671. The zero-order chi connectivity index (χ0) is 16.1. The Kier molecular flexibility index (Phi) is 6.47. The molecular weight excluding hydrogens is 316 g/mol. The fourth-order valence-electron chi connectivity index (χ4n) is 1.02. The van der Waals surface area contributed by atoms with E-state index in [-0.39, 0.29) is 0 Å². The third kappa shape index (κ3) is 6.23. The van der Waals surface area contributed by atoms with Crippen LogP contribution in [0, 0.1) is 0 Å². The van der Waals surface area contributed by atoms with Crippen LogP contribution < -0.4 is 4.57 Å². The molecule has 0 unspecified atom stereocenters. The van der Waals surface area contributed by atoms with Crippen LogP contribution in [0.15, 0.2) is 18.7 Å². The third-order valence-electron chi connectivity index (χ3n) is 1.83.